The van der Waals surface area contributed by atoms with E-state index in [0.29, 0.717) is 11.5 Å². The van der Waals surface area contributed by atoms with Crippen molar-refractivity contribution >= 4 is 23.0 Å². The number of hydrogen-bond acceptors (Lipinski definition) is 4. The zero-order valence-corrected chi connectivity index (χ0v) is 10.6. The van der Waals surface area contributed by atoms with Gasteiger partial charge >= 0.3 is 5.97 Å². The molecule has 0 aliphatic rings. The van der Waals surface area contributed by atoms with Crippen LogP contribution < -0.4 is 5.32 Å². The number of nitrogens with one attached hydrogen (secondary N) is 1. The van der Waals surface area contributed by atoms with Crippen molar-refractivity contribution in [2.24, 2.45) is 5.92 Å². The summed E-state index contributed by atoms with van der Waals surface area (Å²) in [6.45, 7) is 3.36. The molecule has 2 N–H and O–H groups in total. The molecule has 0 bridgehead atoms. The summed E-state index contributed by atoms with van der Waals surface area (Å²) in [5, 5.41) is 11.3. The third-order valence-corrected chi connectivity index (χ3v) is 2.79. The van der Waals surface area contributed by atoms with Crippen LogP contribution in [0.4, 0.5) is 0 Å². The lowest BCUT2D eigenvalue weighted by Crippen LogP contribution is -2.33. The van der Waals surface area contributed by atoms with Gasteiger partial charge in [-0.05, 0) is 24.6 Å². The second kappa shape index (κ2) is 5.09. The van der Waals surface area contributed by atoms with Crippen molar-refractivity contribution in [3.63, 3.8) is 0 Å². The van der Waals surface area contributed by atoms with Crippen molar-refractivity contribution in [3.05, 3.63) is 29.7 Å². The zero-order valence-electron chi connectivity index (χ0n) is 10.6. The molecular weight excluding hydrogens is 248 g/mol. The molecule has 1 atom stereocenters. The molecule has 0 fully saturated rings. The number of fused-ring (bicyclic) bond motifs is 1. The third-order valence-electron chi connectivity index (χ3n) is 2.79. The fraction of sp³-hybridized carbons (Fsp3) is 0.308. The van der Waals surface area contributed by atoms with E-state index in [2.05, 4.69) is 10.3 Å². The topological polar surface area (TPSA) is 92.4 Å². The molecule has 2 aromatic rings. The van der Waals surface area contributed by atoms with Gasteiger partial charge in [-0.2, -0.15) is 0 Å². The first kappa shape index (κ1) is 13.1. The summed E-state index contributed by atoms with van der Waals surface area (Å²) in [4.78, 5) is 26.3. The second-order valence-electron chi connectivity index (χ2n) is 4.31. The number of hydrogen-bond donors (Lipinski definition) is 2. The summed E-state index contributed by atoms with van der Waals surface area (Å²) in [6, 6.07) is 5.39. The molecule has 0 saturated heterocycles. The van der Waals surface area contributed by atoms with E-state index in [-0.39, 0.29) is 6.54 Å². The van der Waals surface area contributed by atoms with Gasteiger partial charge in [-0.1, -0.05) is 6.07 Å². The Kier molecular flexibility index (Phi) is 3.50. The average molecular weight is 262 g/mol. The van der Waals surface area contributed by atoms with Crippen molar-refractivity contribution < 1.29 is 19.1 Å². The fourth-order valence-electron chi connectivity index (χ4n) is 1.65. The molecule has 1 unspecified atom stereocenters. The van der Waals surface area contributed by atoms with E-state index in [1.54, 1.807) is 19.1 Å². The van der Waals surface area contributed by atoms with Crippen molar-refractivity contribution in [3.8, 4) is 0 Å². The molecule has 1 amide bonds. The van der Waals surface area contributed by atoms with Gasteiger partial charge in [-0.3, -0.25) is 9.59 Å². The highest BCUT2D eigenvalue weighted by molar-refractivity contribution is 5.96. The maximum Gasteiger partial charge on any atom is 0.315 e. The van der Waals surface area contributed by atoms with E-state index in [1.807, 2.05) is 6.07 Å². The fourth-order valence-corrected chi connectivity index (χ4v) is 1.65. The number of carbonyl (C=O) groups is 2. The zero-order chi connectivity index (χ0) is 14.0. The molecule has 6 heteroatoms. The van der Waals surface area contributed by atoms with Gasteiger partial charge in [0, 0.05) is 13.5 Å². The maximum absolute atomic E-state index is 11.5. The SMILES string of the molecule is Cc1nc2ccc(CNC(=O)C(C)C(=O)O)cc2o1. The lowest BCUT2D eigenvalue weighted by atomic mass is 10.1. The van der Waals surface area contributed by atoms with Crippen LogP contribution in [-0.4, -0.2) is 22.0 Å². The molecule has 6 nitrogen and oxygen atoms in total. The van der Waals surface area contributed by atoms with Gasteiger partial charge in [-0.15, -0.1) is 0 Å². The summed E-state index contributed by atoms with van der Waals surface area (Å²) in [5.41, 5.74) is 2.23. The molecule has 0 aliphatic heterocycles. The maximum atomic E-state index is 11.5. The number of aliphatic carboxylic acids is 1. The Labute approximate surface area is 109 Å². The minimum Gasteiger partial charge on any atom is -0.481 e. The Morgan fingerprint density at radius 2 is 2.21 bits per heavy atom. The van der Waals surface area contributed by atoms with Crippen LogP contribution in [0.15, 0.2) is 22.6 Å². The Hall–Kier alpha value is -2.37. The number of carbonyl (C=O) groups excluding carboxylic acids is 1. The molecule has 19 heavy (non-hydrogen) atoms. The monoisotopic (exact) mass is 262 g/mol. The Bertz CT molecular complexity index is 633. The molecule has 0 saturated carbocycles. The lowest BCUT2D eigenvalue weighted by molar-refractivity contribution is -0.146. The number of aromatic nitrogens is 1. The minimum atomic E-state index is -1.14. The molecule has 1 aromatic carbocycles. The molecule has 1 heterocycles. The van der Waals surface area contributed by atoms with E-state index >= 15 is 0 Å². The number of carboxylic acids is 1. The quantitative estimate of drug-likeness (QED) is 0.814. The number of aryl methyl sites for hydroxylation is 1. The van der Waals surface area contributed by atoms with E-state index in [1.165, 1.54) is 6.92 Å². The number of benzene rings is 1. The first-order valence-corrected chi connectivity index (χ1v) is 5.84. The largest absolute Gasteiger partial charge is 0.481 e. The predicted octanol–water partition coefficient (Wildman–Crippen LogP) is 1.47. The van der Waals surface area contributed by atoms with E-state index < -0.39 is 17.8 Å². The van der Waals surface area contributed by atoms with Crippen molar-refractivity contribution in [1.29, 1.82) is 0 Å². The van der Waals surface area contributed by atoms with Crippen molar-refractivity contribution in [2.45, 2.75) is 20.4 Å². The van der Waals surface area contributed by atoms with E-state index in [9.17, 15) is 9.59 Å². The van der Waals surface area contributed by atoms with Crippen molar-refractivity contribution in [2.75, 3.05) is 0 Å². The van der Waals surface area contributed by atoms with Crippen molar-refractivity contribution in [1.82, 2.24) is 10.3 Å². The standard InChI is InChI=1S/C13H14N2O4/c1-7(13(17)18)12(16)14-6-9-3-4-10-11(5-9)19-8(2)15-10/h3-5,7H,6H2,1-2H3,(H,14,16)(H,17,18). The molecule has 0 aliphatic carbocycles. The summed E-state index contributed by atoms with van der Waals surface area (Å²) in [7, 11) is 0. The average Bonchev–Trinajstić information content (AvgIpc) is 2.74. The lowest BCUT2D eigenvalue weighted by Gasteiger charge is -2.08. The Balaban J connectivity index is 2.05. The second-order valence-corrected chi connectivity index (χ2v) is 4.31. The number of nitrogens with zero attached hydrogens (tertiary/aromatic N) is 1. The normalized spacial score (nSPS) is 12.3. The van der Waals surface area contributed by atoms with E-state index in [4.69, 9.17) is 9.52 Å². The van der Waals surface area contributed by atoms with E-state index in [0.717, 1.165) is 11.1 Å². The van der Waals surface area contributed by atoms with Crippen LogP contribution in [0.5, 0.6) is 0 Å². The van der Waals surface area contributed by atoms with Crippen LogP contribution in [0, 0.1) is 12.8 Å². The van der Waals surface area contributed by atoms with Crippen LogP contribution in [0.3, 0.4) is 0 Å². The summed E-state index contributed by atoms with van der Waals surface area (Å²) in [5.74, 6) is -2.13. The van der Waals surface area contributed by atoms with Gasteiger partial charge in [0.25, 0.3) is 0 Å². The molecule has 1 aromatic heterocycles. The first-order valence-electron chi connectivity index (χ1n) is 5.84. The molecule has 0 spiro atoms. The highest BCUT2D eigenvalue weighted by Crippen LogP contribution is 2.16. The smallest absolute Gasteiger partial charge is 0.315 e. The first-order chi connectivity index (χ1) is 8.97. The highest BCUT2D eigenvalue weighted by atomic mass is 16.4. The van der Waals surface area contributed by atoms with Gasteiger partial charge in [-0.25, -0.2) is 4.98 Å². The third kappa shape index (κ3) is 2.90. The number of oxazole rings is 1. The predicted molar refractivity (Wildman–Crippen MR) is 67.4 cm³/mol. The Morgan fingerprint density at radius 1 is 1.47 bits per heavy atom. The van der Waals surface area contributed by atoms with Gasteiger partial charge in [0.2, 0.25) is 5.91 Å². The number of carboxylic acid groups (broad SMARTS) is 1. The van der Waals surface area contributed by atoms with Gasteiger partial charge in [0.05, 0.1) is 0 Å². The summed E-state index contributed by atoms with van der Waals surface area (Å²) < 4.78 is 5.38. The van der Waals surface area contributed by atoms with Gasteiger partial charge in [0.1, 0.15) is 11.4 Å². The molecule has 100 valence electrons. The minimum absolute atomic E-state index is 0.256. The summed E-state index contributed by atoms with van der Waals surface area (Å²) in [6.07, 6.45) is 0. The number of rotatable bonds is 4. The van der Waals surface area contributed by atoms with Crippen LogP contribution in [0.2, 0.25) is 0 Å². The van der Waals surface area contributed by atoms with Gasteiger partial charge in [0.15, 0.2) is 11.5 Å². The molecule has 0 radical (unpaired) electrons. The van der Waals surface area contributed by atoms with Crippen LogP contribution >= 0.6 is 0 Å². The number of amides is 1. The van der Waals surface area contributed by atoms with Crippen LogP contribution in [0.1, 0.15) is 18.4 Å². The highest BCUT2D eigenvalue weighted by Gasteiger charge is 2.19. The molecular formula is C13H14N2O4. The van der Waals surface area contributed by atoms with Gasteiger partial charge < -0.3 is 14.8 Å². The van der Waals surface area contributed by atoms with Crippen LogP contribution in [0.25, 0.3) is 11.1 Å². The Morgan fingerprint density at radius 3 is 2.89 bits per heavy atom. The van der Waals surface area contributed by atoms with Crippen LogP contribution in [-0.2, 0) is 16.1 Å². The summed E-state index contributed by atoms with van der Waals surface area (Å²) >= 11 is 0. The molecule has 2 rings (SSSR count).